The molecular weight excluding hydrogens is 310 g/mol. The molecule has 0 aromatic heterocycles. The Bertz CT molecular complexity index is 617. The molecule has 0 aliphatic heterocycles. The van der Waals surface area contributed by atoms with E-state index in [-0.39, 0.29) is 11.6 Å². The zero-order chi connectivity index (χ0) is 17.4. The summed E-state index contributed by atoms with van der Waals surface area (Å²) in [5.74, 6) is -2.50. The molecule has 1 aliphatic carbocycles. The van der Waals surface area contributed by atoms with Crippen LogP contribution in [0.2, 0.25) is 0 Å². The van der Waals surface area contributed by atoms with E-state index in [2.05, 4.69) is 15.8 Å². The number of nitrogens with zero attached hydrogens (tertiary/aromatic N) is 1. The lowest BCUT2D eigenvalue weighted by Gasteiger charge is -2.14. The summed E-state index contributed by atoms with van der Waals surface area (Å²) in [5.41, 5.74) is 2.96. The molecule has 24 heavy (non-hydrogen) atoms. The molecule has 1 aromatic carbocycles. The van der Waals surface area contributed by atoms with Crippen LogP contribution in [-0.2, 0) is 9.59 Å². The van der Waals surface area contributed by atoms with Crippen molar-refractivity contribution in [1.29, 1.82) is 0 Å². The van der Waals surface area contributed by atoms with Gasteiger partial charge in [-0.05, 0) is 30.5 Å². The molecule has 1 saturated carbocycles. The molecule has 2 amide bonds. The van der Waals surface area contributed by atoms with Gasteiger partial charge in [0.2, 0.25) is 0 Å². The van der Waals surface area contributed by atoms with E-state index in [4.69, 9.17) is 5.11 Å². The minimum atomic E-state index is -1.01. The number of carboxylic acid groups (broad SMARTS) is 1. The van der Waals surface area contributed by atoms with Crippen molar-refractivity contribution in [3.05, 3.63) is 35.4 Å². The molecule has 0 radical (unpaired) electrons. The highest BCUT2D eigenvalue weighted by molar-refractivity contribution is 6.35. The first-order valence-electron chi connectivity index (χ1n) is 8.03. The van der Waals surface area contributed by atoms with Gasteiger partial charge in [-0.3, -0.25) is 9.59 Å². The average molecular weight is 331 g/mol. The van der Waals surface area contributed by atoms with Crippen molar-refractivity contribution < 1.29 is 19.5 Å². The van der Waals surface area contributed by atoms with Crippen LogP contribution >= 0.6 is 0 Å². The van der Waals surface area contributed by atoms with E-state index >= 15 is 0 Å². The van der Waals surface area contributed by atoms with Crippen molar-refractivity contribution >= 4 is 24.0 Å². The van der Waals surface area contributed by atoms with Crippen molar-refractivity contribution in [3.8, 4) is 0 Å². The van der Waals surface area contributed by atoms with Crippen molar-refractivity contribution in [1.82, 2.24) is 10.7 Å². The molecule has 7 nitrogen and oxygen atoms in total. The van der Waals surface area contributed by atoms with E-state index in [0.29, 0.717) is 5.56 Å². The molecule has 0 bridgehead atoms. The van der Waals surface area contributed by atoms with E-state index in [0.717, 1.165) is 25.7 Å². The normalized spacial score (nSPS) is 15.7. The highest BCUT2D eigenvalue weighted by Crippen LogP contribution is 2.16. The maximum absolute atomic E-state index is 11.8. The third kappa shape index (κ3) is 5.49. The molecule has 7 heteroatoms. The molecule has 0 heterocycles. The maximum atomic E-state index is 11.8. The largest absolute Gasteiger partial charge is 0.478 e. The molecule has 2 rings (SSSR count). The molecular formula is C17H21N3O4. The fraction of sp³-hybridized carbons (Fsp3) is 0.412. The second kappa shape index (κ2) is 8.81. The minimum absolute atomic E-state index is 0.0540. The number of nitrogens with one attached hydrogen (secondary N) is 2. The van der Waals surface area contributed by atoms with Gasteiger partial charge in [-0.25, -0.2) is 10.2 Å². The Morgan fingerprint density at radius 1 is 1.00 bits per heavy atom. The first kappa shape index (κ1) is 17.7. The molecule has 0 spiro atoms. The standard InChI is InChI=1S/C17H21N3O4/c21-15(19-14-5-3-1-2-4-6-14)16(22)20-18-11-12-7-9-13(10-8-12)17(23)24/h7-11,14H,1-6H2,(H,19,21)(H,20,22)(H,23,24). The zero-order valence-corrected chi connectivity index (χ0v) is 13.3. The Morgan fingerprint density at radius 2 is 1.62 bits per heavy atom. The van der Waals surface area contributed by atoms with E-state index in [1.807, 2.05) is 0 Å². The van der Waals surface area contributed by atoms with Gasteiger partial charge in [0.05, 0.1) is 11.8 Å². The smallest absolute Gasteiger partial charge is 0.335 e. The van der Waals surface area contributed by atoms with Gasteiger partial charge < -0.3 is 10.4 Å². The van der Waals surface area contributed by atoms with Crippen LogP contribution in [0.1, 0.15) is 54.4 Å². The lowest BCUT2D eigenvalue weighted by molar-refractivity contribution is -0.139. The lowest BCUT2D eigenvalue weighted by Crippen LogP contribution is -2.43. The SMILES string of the molecule is O=C(NN=Cc1ccc(C(=O)O)cc1)C(=O)NC1CCCCCC1. The van der Waals surface area contributed by atoms with Crippen LogP contribution in [0.4, 0.5) is 0 Å². The maximum Gasteiger partial charge on any atom is 0.335 e. The number of amides is 2. The number of carbonyl (C=O) groups is 3. The number of aromatic carboxylic acids is 1. The molecule has 1 fully saturated rings. The molecule has 3 N–H and O–H groups in total. The van der Waals surface area contributed by atoms with Crippen molar-refractivity contribution in [2.24, 2.45) is 5.10 Å². The van der Waals surface area contributed by atoms with Gasteiger partial charge in [0.1, 0.15) is 0 Å². The number of benzene rings is 1. The van der Waals surface area contributed by atoms with Crippen molar-refractivity contribution in [3.63, 3.8) is 0 Å². The highest BCUT2D eigenvalue weighted by Gasteiger charge is 2.19. The van der Waals surface area contributed by atoms with Gasteiger partial charge in [0, 0.05) is 6.04 Å². The van der Waals surface area contributed by atoms with Gasteiger partial charge in [0.25, 0.3) is 0 Å². The quantitative estimate of drug-likeness (QED) is 0.337. The molecule has 0 unspecified atom stereocenters. The summed E-state index contributed by atoms with van der Waals surface area (Å²) in [5, 5.41) is 15.3. The minimum Gasteiger partial charge on any atom is -0.478 e. The third-order valence-corrected chi connectivity index (χ3v) is 3.93. The Morgan fingerprint density at radius 3 is 2.21 bits per heavy atom. The Hall–Kier alpha value is -2.70. The van der Waals surface area contributed by atoms with E-state index in [1.54, 1.807) is 12.1 Å². The van der Waals surface area contributed by atoms with E-state index in [1.165, 1.54) is 31.2 Å². The van der Waals surface area contributed by atoms with Crippen LogP contribution < -0.4 is 10.7 Å². The second-order valence-electron chi connectivity index (χ2n) is 5.79. The predicted octanol–water partition coefficient (Wildman–Crippen LogP) is 1.67. The fourth-order valence-corrected chi connectivity index (χ4v) is 2.60. The fourth-order valence-electron chi connectivity index (χ4n) is 2.60. The first-order valence-corrected chi connectivity index (χ1v) is 8.03. The average Bonchev–Trinajstić information content (AvgIpc) is 2.83. The third-order valence-electron chi connectivity index (χ3n) is 3.93. The summed E-state index contributed by atoms with van der Waals surface area (Å²) >= 11 is 0. The van der Waals surface area contributed by atoms with Gasteiger partial charge in [0.15, 0.2) is 0 Å². The second-order valence-corrected chi connectivity index (χ2v) is 5.79. The summed E-state index contributed by atoms with van der Waals surface area (Å²) < 4.78 is 0. The van der Waals surface area contributed by atoms with E-state index < -0.39 is 17.8 Å². The predicted molar refractivity (Wildman–Crippen MR) is 88.8 cm³/mol. The van der Waals surface area contributed by atoms with Crippen LogP contribution in [0.3, 0.4) is 0 Å². The summed E-state index contributed by atoms with van der Waals surface area (Å²) in [6, 6.07) is 6.04. The highest BCUT2D eigenvalue weighted by atomic mass is 16.4. The van der Waals surface area contributed by atoms with E-state index in [9.17, 15) is 14.4 Å². The van der Waals surface area contributed by atoms with Crippen LogP contribution in [0, 0.1) is 0 Å². The summed E-state index contributed by atoms with van der Waals surface area (Å²) in [6.07, 6.45) is 7.63. The van der Waals surface area contributed by atoms with Gasteiger partial charge in [-0.1, -0.05) is 37.8 Å². The van der Waals surface area contributed by atoms with Crippen molar-refractivity contribution in [2.75, 3.05) is 0 Å². The van der Waals surface area contributed by atoms with Crippen molar-refractivity contribution in [2.45, 2.75) is 44.6 Å². The van der Waals surface area contributed by atoms with Crippen LogP contribution in [0.25, 0.3) is 0 Å². The molecule has 0 saturated heterocycles. The van der Waals surface area contributed by atoms with Crippen LogP contribution in [0.15, 0.2) is 29.4 Å². The first-order chi connectivity index (χ1) is 11.6. The number of hydrogen-bond acceptors (Lipinski definition) is 4. The Balaban J connectivity index is 1.80. The number of hydrazone groups is 1. The molecule has 0 atom stereocenters. The summed E-state index contributed by atoms with van der Waals surface area (Å²) in [6.45, 7) is 0. The van der Waals surface area contributed by atoms with Gasteiger partial charge in [-0.2, -0.15) is 5.10 Å². The number of rotatable bonds is 4. The Labute approximate surface area is 140 Å². The van der Waals surface area contributed by atoms with Crippen LogP contribution in [0.5, 0.6) is 0 Å². The number of hydrogen-bond donors (Lipinski definition) is 3. The monoisotopic (exact) mass is 331 g/mol. The lowest BCUT2D eigenvalue weighted by atomic mass is 10.1. The number of carbonyl (C=O) groups excluding carboxylic acids is 2. The number of carboxylic acids is 1. The summed E-state index contributed by atoms with van der Waals surface area (Å²) in [4.78, 5) is 34.3. The van der Waals surface area contributed by atoms with Gasteiger partial charge in [-0.15, -0.1) is 0 Å². The zero-order valence-electron chi connectivity index (χ0n) is 13.3. The summed E-state index contributed by atoms with van der Waals surface area (Å²) in [7, 11) is 0. The molecule has 1 aliphatic rings. The Kier molecular flexibility index (Phi) is 6.48. The van der Waals surface area contributed by atoms with Gasteiger partial charge >= 0.3 is 17.8 Å². The molecule has 1 aromatic rings. The topological polar surface area (TPSA) is 108 Å². The molecule has 128 valence electrons. The van der Waals surface area contributed by atoms with Crippen LogP contribution in [-0.4, -0.2) is 35.1 Å².